The highest BCUT2D eigenvalue weighted by Crippen LogP contribution is 2.28. The topological polar surface area (TPSA) is 130 Å². The maximum absolute atomic E-state index is 12.5. The molecule has 4 aromatic rings. The van der Waals surface area contributed by atoms with Crippen molar-refractivity contribution in [3.63, 3.8) is 0 Å². The third-order valence-corrected chi connectivity index (χ3v) is 6.88. The van der Waals surface area contributed by atoms with E-state index in [-0.39, 0.29) is 10.7 Å². The number of benzene rings is 2. The molecular formula is C23H19N5O4S2. The number of aryl methyl sites for hydroxylation is 1. The van der Waals surface area contributed by atoms with Gasteiger partial charge in [0.25, 0.3) is 10.0 Å². The molecule has 0 saturated carbocycles. The second kappa shape index (κ2) is 9.78. The molecule has 2 aromatic carbocycles. The van der Waals surface area contributed by atoms with Crippen LogP contribution < -0.4 is 14.8 Å². The van der Waals surface area contributed by atoms with Gasteiger partial charge in [-0.1, -0.05) is 17.3 Å². The number of anilines is 2. The fraction of sp³-hybridized carbons (Fsp3) is 0.0870. The Morgan fingerprint density at radius 1 is 1.21 bits per heavy atom. The van der Waals surface area contributed by atoms with Gasteiger partial charge in [-0.05, 0) is 43.3 Å². The summed E-state index contributed by atoms with van der Waals surface area (Å²) in [6.07, 6.45) is 1.54. The molecule has 2 heterocycles. The number of allylic oxidation sites excluding steroid dienone is 1. The number of thiazole rings is 1. The Morgan fingerprint density at radius 2 is 2.00 bits per heavy atom. The average molecular weight is 494 g/mol. The van der Waals surface area contributed by atoms with Crippen LogP contribution in [0.15, 0.2) is 75.6 Å². The number of nitrogens with one attached hydrogen (secondary N) is 2. The van der Waals surface area contributed by atoms with Gasteiger partial charge in [0, 0.05) is 28.9 Å². The van der Waals surface area contributed by atoms with Gasteiger partial charge in [0.2, 0.25) is 0 Å². The Balaban J connectivity index is 1.47. The van der Waals surface area contributed by atoms with Crippen molar-refractivity contribution in [2.75, 3.05) is 17.1 Å². The lowest BCUT2D eigenvalue weighted by Gasteiger charge is -2.06. The van der Waals surface area contributed by atoms with E-state index in [0.29, 0.717) is 22.0 Å². The van der Waals surface area contributed by atoms with E-state index in [1.165, 1.54) is 35.7 Å². The number of rotatable bonds is 8. The van der Waals surface area contributed by atoms with Crippen LogP contribution in [0.1, 0.15) is 10.8 Å². The second-order valence-corrected chi connectivity index (χ2v) is 9.58. The Hall–Kier alpha value is -4.14. The number of nitriles is 1. The van der Waals surface area contributed by atoms with Crippen LogP contribution >= 0.6 is 11.3 Å². The standard InChI is InChI=1S/C23H19N5O4S2/c1-15-10-22(27-32-15)28-34(29,30)20-8-6-18(7-9-20)25-13-17(12-24)23-26-21(14-33-23)16-4-3-5-19(11-16)31-2/h3-11,13-14,25H,1-2H3,(H,27,28). The quantitative estimate of drug-likeness (QED) is 0.332. The van der Waals surface area contributed by atoms with E-state index in [1.807, 2.05) is 29.6 Å². The van der Waals surface area contributed by atoms with Gasteiger partial charge in [-0.3, -0.25) is 4.72 Å². The molecule has 0 spiro atoms. The van der Waals surface area contributed by atoms with Crippen LogP contribution in [0.2, 0.25) is 0 Å². The van der Waals surface area contributed by atoms with Crippen molar-refractivity contribution >= 4 is 38.4 Å². The lowest BCUT2D eigenvalue weighted by molar-refractivity contribution is 0.400. The minimum atomic E-state index is -3.81. The first kappa shape index (κ1) is 23.0. The molecule has 0 aliphatic rings. The lowest BCUT2D eigenvalue weighted by atomic mass is 10.1. The van der Waals surface area contributed by atoms with Crippen molar-refractivity contribution in [2.24, 2.45) is 0 Å². The largest absolute Gasteiger partial charge is 0.497 e. The summed E-state index contributed by atoms with van der Waals surface area (Å²) in [6, 6.07) is 17.2. The number of ether oxygens (including phenoxy) is 1. The highest BCUT2D eigenvalue weighted by atomic mass is 32.2. The third kappa shape index (κ3) is 5.25. The maximum Gasteiger partial charge on any atom is 0.263 e. The molecule has 0 unspecified atom stereocenters. The van der Waals surface area contributed by atoms with Gasteiger partial charge in [0.1, 0.15) is 28.2 Å². The van der Waals surface area contributed by atoms with E-state index in [2.05, 4.69) is 26.2 Å². The molecule has 0 fully saturated rings. The molecule has 11 heteroatoms. The third-order valence-electron chi connectivity index (χ3n) is 4.64. The monoisotopic (exact) mass is 493 g/mol. The van der Waals surface area contributed by atoms with Gasteiger partial charge in [-0.2, -0.15) is 5.26 Å². The van der Waals surface area contributed by atoms with Gasteiger partial charge in [0.15, 0.2) is 5.82 Å². The van der Waals surface area contributed by atoms with E-state index < -0.39 is 10.0 Å². The van der Waals surface area contributed by atoms with Gasteiger partial charge in [0.05, 0.1) is 17.7 Å². The molecule has 0 bridgehead atoms. The van der Waals surface area contributed by atoms with Gasteiger partial charge < -0.3 is 14.6 Å². The Labute approximate surface area is 200 Å². The summed E-state index contributed by atoms with van der Waals surface area (Å²) in [5.41, 5.74) is 2.58. The van der Waals surface area contributed by atoms with E-state index >= 15 is 0 Å². The molecule has 0 aliphatic heterocycles. The Morgan fingerprint density at radius 3 is 2.68 bits per heavy atom. The molecule has 172 valence electrons. The molecule has 9 nitrogen and oxygen atoms in total. The van der Waals surface area contributed by atoms with Crippen molar-refractivity contribution in [3.8, 4) is 23.1 Å². The zero-order valence-corrected chi connectivity index (χ0v) is 19.8. The van der Waals surface area contributed by atoms with E-state index in [1.54, 1.807) is 26.2 Å². The molecule has 2 aromatic heterocycles. The number of hydrogen-bond acceptors (Lipinski definition) is 9. The summed E-state index contributed by atoms with van der Waals surface area (Å²) >= 11 is 1.35. The fourth-order valence-corrected chi connectivity index (χ4v) is 4.73. The molecule has 0 amide bonds. The smallest absolute Gasteiger partial charge is 0.263 e. The lowest BCUT2D eigenvalue weighted by Crippen LogP contribution is -2.13. The normalized spacial score (nSPS) is 11.6. The Kier molecular flexibility index (Phi) is 6.62. The van der Waals surface area contributed by atoms with Crippen LogP contribution in [0.4, 0.5) is 11.5 Å². The van der Waals surface area contributed by atoms with Crippen molar-refractivity contribution in [3.05, 3.63) is 76.9 Å². The highest BCUT2D eigenvalue weighted by Gasteiger charge is 2.16. The second-order valence-electron chi connectivity index (χ2n) is 7.04. The van der Waals surface area contributed by atoms with Crippen LogP contribution in [0.5, 0.6) is 5.75 Å². The van der Waals surface area contributed by atoms with Crippen molar-refractivity contribution < 1.29 is 17.7 Å². The van der Waals surface area contributed by atoms with Crippen LogP contribution in [0, 0.1) is 18.3 Å². The van der Waals surface area contributed by atoms with Crippen LogP contribution in [0.3, 0.4) is 0 Å². The van der Waals surface area contributed by atoms with Crippen molar-refractivity contribution in [2.45, 2.75) is 11.8 Å². The summed E-state index contributed by atoms with van der Waals surface area (Å²) in [5, 5.41) is 18.7. The van der Waals surface area contributed by atoms with Gasteiger partial charge >= 0.3 is 0 Å². The number of sulfonamides is 1. The number of hydrogen-bond donors (Lipinski definition) is 2. The summed E-state index contributed by atoms with van der Waals surface area (Å²) in [7, 11) is -2.21. The number of nitrogens with zero attached hydrogens (tertiary/aromatic N) is 3. The van der Waals surface area contributed by atoms with Crippen LogP contribution in [-0.2, 0) is 10.0 Å². The first-order valence-corrected chi connectivity index (χ1v) is 12.3. The minimum absolute atomic E-state index is 0.0612. The number of methoxy groups -OCH3 is 1. The zero-order chi connectivity index (χ0) is 24.1. The molecule has 0 saturated heterocycles. The average Bonchev–Trinajstić information content (AvgIpc) is 3.49. The first-order chi connectivity index (χ1) is 16.4. The molecule has 0 aliphatic carbocycles. The van der Waals surface area contributed by atoms with Crippen LogP contribution in [0.25, 0.3) is 16.8 Å². The molecular weight excluding hydrogens is 474 g/mol. The summed E-state index contributed by atoms with van der Waals surface area (Å²) in [4.78, 5) is 4.62. The van der Waals surface area contributed by atoms with E-state index in [4.69, 9.17) is 9.26 Å². The first-order valence-electron chi connectivity index (χ1n) is 9.91. The molecule has 2 N–H and O–H groups in total. The summed E-state index contributed by atoms with van der Waals surface area (Å²) in [6.45, 7) is 1.67. The summed E-state index contributed by atoms with van der Waals surface area (Å²) in [5.74, 6) is 1.33. The molecule has 4 rings (SSSR count). The highest BCUT2D eigenvalue weighted by molar-refractivity contribution is 7.92. The van der Waals surface area contributed by atoms with Gasteiger partial charge in [-0.25, -0.2) is 13.4 Å². The maximum atomic E-state index is 12.5. The predicted octanol–water partition coefficient (Wildman–Crippen LogP) is 4.89. The van der Waals surface area contributed by atoms with Crippen molar-refractivity contribution in [1.29, 1.82) is 5.26 Å². The van der Waals surface area contributed by atoms with E-state index in [9.17, 15) is 13.7 Å². The SMILES string of the molecule is COc1cccc(-c2csc(C(C#N)=CNc3ccc(S(=O)(=O)Nc4cc(C)on4)cc3)n2)c1. The molecule has 0 atom stereocenters. The Bertz CT molecular complexity index is 1480. The molecule has 0 radical (unpaired) electrons. The zero-order valence-electron chi connectivity index (χ0n) is 18.1. The summed E-state index contributed by atoms with van der Waals surface area (Å²) < 4.78 is 37.5. The number of aromatic nitrogens is 2. The predicted molar refractivity (Wildman–Crippen MR) is 130 cm³/mol. The van der Waals surface area contributed by atoms with Crippen molar-refractivity contribution in [1.82, 2.24) is 10.1 Å². The van der Waals surface area contributed by atoms with Crippen LogP contribution in [-0.4, -0.2) is 25.7 Å². The molecule has 34 heavy (non-hydrogen) atoms. The fourth-order valence-electron chi connectivity index (χ4n) is 2.95. The minimum Gasteiger partial charge on any atom is -0.497 e. The van der Waals surface area contributed by atoms with Gasteiger partial charge in [-0.15, -0.1) is 11.3 Å². The van der Waals surface area contributed by atoms with E-state index in [0.717, 1.165) is 17.0 Å².